The van der Waals surface area contributed by atoms with E-state index >= 15 is 0 Å². The van der Waals surface area contributed by atoms with E-state index in [0.717, 1.165) is 5.69 Å². The van der Waals surface area contributed by atoms with Crippen molar-refractivity contribution in [2.75, 3.05) is 0 Å². The van der Waals surface area contributed by atoms with Gasteiger partial charge in [-0.05, 0) is 86.5 Å². The summed E-state index contributed by atoms with van der Waals surface area (Å²) in [4.78, 5) is 1.29. The van der Waals surface area contributed by atoms with Gasteiger partial charge in [-0.15, -0.1) is 11.3 Å². The van der Waals surface area contributed by atoms with Gasteiger partial charge in [-0.3, -0.25) is 0 Å². The third-order valence-electron chi connectivity index (χ3n) is 12.5. The Morgan fingerprint density at radius 1 is 0.317 bits per heavy atom. The number of hydrogen-bond acceptors (Lipinski definition) is 1. The Kier molecular flexibility index (Phi) is 8.08. The largest absolute Gasteiger partial charge is 0.309 e. The van der Waals surface area contributed by atoms with E-state index in [1.54, 1.807) is 0 Å². The van der Waals surface area contributed by atoms with Crippen LogP contribution in [-0.4, -0.2) is 17.2 Å². The maximum Gasteiger partial charge on any atom is 0.179 e. The predicted molar refractivity (Wildman–Crippen MR) is 260 cm³/mol. The number of aromatic nitrogens is 2. The first-order chi connectivity index (χ1) is 29.8. The minimum Gasteiger partial charge on any atom is -0.309 e. The molecule has 0 amide bonds. The van der Waals surface area contributed by atoms with Crippen molar-refractivity contribution in [3.05, 3.63) is 231 Å². The lowest BCUT2D eigenvalue weighted by Crippen LogP contribution is -2.74. The van der Waals surface area contributed by atoms with E-state index < -0.39 is 8.07 Å². The van der Waals surface area contributed by atoms with Crippen LogP contribution in [0.4, 0.5) is 0 Å². The second-order valence-corrected chi connectivity index (χ2v) is 20.5. The fourth-order valence-corrected chi connectivity index (χ4v) is 15.9. The highest BCUT2D eigenvalue weighted by Crippen LogP contribution is 2.43. The van der Waals surface area contributed by atoms with Crippen molar-refractivity contribution in [1.29, 1.82) is 0 Å². The summed E-state index contributed by atoms with van der Waals surface area (Å²) in [5.74, 6) is 0. The fourth-order valence-electron chi connectivity index (χ4n) is 9.86. The molecule has 0 aliphatic rings. The minimum absolute atomic E-state index is 1.15. The molecular formula is C56H38N2SSi. The molecule has 12 aromatic rings. The molecule has 4 heteroatoms. The van der Waals surface area contributed by atoms with Crippen LogP contribution >= 0.6 is 11.3 Å². The summed E-state index contributed by atoms with van der Waals surface area (Å²) in [6.45, 7) is 0. The maximum absolute atomic E-state index is 2.70. The molecule has 0 bridgehead atoms. The zero-order valence-corrected chi connectivity index (χ0v) is 34.6. The summed E-state index contributed by atoms with van der Waals surface area (Å²) in [6.07, 6.45) is 0. The van der Waals surface area contributed by atoms with Crippen LogP contribution in [0.15, 0.2) is 231 Å². The third-order valence-corrected chi connectivity index (χ3v) is 18.4. The van der Waals surface area contributed by atoms with E-state index in [9.17, 15) is 0 Å². The molecule has 60 heavy (non-hydrogen) atoms. The Morgan fingerprint density at radius 2 is 0.817 bits per heavy atom. The Bertz CT molecular complexity index is 3420. The molecule has 0 aliphatic carbocycles. The van der Waals surface area contributed by atoms with Gasteiger partial charge in [-0.25, -0.2) is 0 Å². The minimum atomic E-state index is -2.70. The van der Waals surface area contributed by atoms with E-state index in [1.165, 1.54) is 90.6 Å². The van der Waals surface area contributed by atoms with Gasteiger partial charge in [0.2, 0.25) is 0 Å². The molecule has 0 atom stereocenters. The van der Waals surface area contributed by atoms with E-state index in [4.69, 9.17) is 0 Å². The van der Waals surface area contributed by atoms with Gasteiger partial charge in [-0.2, -0.15) is 0 Å². The summed E-state index contributed by atoms with van der Waals surface area (Å²) in [7, 11) is -2.70. The van der Waals surface area contributed by atoms with E-state index in [-0.39, 0.29) is 0 Å². The molecule has 9 aromatic carbocycles. The monoisotopic (exact) mass is 798 g/mol. The Balaban J connectivity index is 1.01. The summed E-state index contributed by atoms with van der Waals surface area (Å²) in [5.41, 5.74) is 8.41. The first-order valence-electron chi connectivity index (χ1n) is 20.6. The maximum atomic E-state index is 2.51. The summed E-state index contributed by atoms with van der Waals surface area (Å²) < 4.78 is 6.19. The van der Waals surface area contributed by atoms with E-state index in [1.807, 2.05) is 11.3 Å². The normalized spacial score (nSPS) is 12.0. The Hall–Kier alpha value is -7.24. The Labute approximate surface area is 353 Å². The van der Waals surface area contributed by atoms with Crippen LogP contribution in [0.25, 0.3) is 75.5 Å². The summed E-state index contributed by atoms with van der Waals surface area (Å²) in [6, 6.07) is 85.5. The van der Waals surface area contributed by atoms with Crippen molar-refractivity contribution >= 4 is 93.2 Å². The first kappa shape index (κ1) is 34.8. The van der Waals surface area contributed by atoms with E-state index in [2.05, 4.69) is 240 Å². The highest BCUT2D eigenvalue weighted by Gasteiger charge is 2.41. The number of para-hydroxylation sites is 2. The molecule has 0 spiro atoms. The van der Waals surface area contributed by atoms with E-state index in [0.29, 0.717) is 0 Å². The van der Waals surface area contributed by atoms with Crippen LogP contribution in [0.1, 0.15) is 0 Å². The molecule has 2 nitrogen and oxygen atoms in total. The van der Waals surface area contributed by atoms with Crippen LogP contribution in [0.5, 0.6) is 0 Å². The number of thiophene rings is 1. The number of fused-ring (bicyclic) bond motifs is 8. The SMILES string of the molecule is c1ccc(-n2c3ccc(-c4ccc(-n5c6ccccc6c6cc([Si](c7ccccc7)(c7ccccc7)c7ccccc7)ccc65)cc4)cc3c3c4ccccc4sc32)cc1. The fraction of sp³-hybridized carbons (Fsp3) is 0. The molecule has 0 N–H and O–H groups in total. The van der Waals surface area contributed by atoms with Gasteiger partial charge in [0.05, 0.1) is 16.6 Å². The molecule has 0 saturated heterocycles. The molecular weight excluding hydrogens is 761 g/mol. The van der Waals surface area contributed by atoms with Gasteiger partial charge in [0.25, 0.3) is 0 Å². The highest BCUT2D eigenvalue weighted by molar-refractivity contribution is 7.25. The molecule has 282 valence electrons. The molecule has 3 heterocycles. The number of nitrogens with zero attached hydrogens (tertiary/aromatic N) is 2. The average molecular weight is 799 g/mol. The second-order valence-electron chi connectivity index (χ2n) is 15.7. The molecule has 0 aliphatic heterocycles. The second kappa shape index (κ2) is 14.0. The number of rotatable bonds is 7. The van der Waals surface area contributed by atoms with Crippen molar-refractivity contribution in [2.45, 2.75) is 0 Å². The van der Waals surface area contributed by atoms with Crippen molar-refractivity contribution in [2.24, 2.45) is 0 Å². The van der Waals surface area contributed by atoms with Crippen molar-refractivity contribution in [3.8, 4) is 22.5 Å². The molecule has 3 aromatic heterocycles. The molecule has 12 rings (SSSR count). The van der Waals surface area contributed by atoms with Crippen LogP contribution in [0.3, 0.4) is 0 Å². The van der Waals surface area contributed by atoms with Gasteiger partial charge < -0.3 is 9.13 Å². The summed E-state index contributed by atoms with van der Waals surface area (Å²) >= 11 is 1.87. The lowest BCUT2D eigenvalue weighted by Gasteiger charge is -2.34. The van der Waals surface area contributed by atoms with Crippen LogP contribution in [0.2, 0.25) is 0 Å². The standard InChI is InChI=1S/C56H38N2SSi/c1-5-17-41(18-6-1)58-53-35-31-40(37-50(53)55-48-26-14-16-28-54(48)59-56(55)58)39-29-32-42(33-30-39)57-51-27-15-13-25-47(51)49-38-46(34-36-52(49)57)60(43-19-7-2-8-20-43,44-21-9-3-10-22-44)45-23-11-4-12-24-45/h1-38H. The van der Waals surface area contributed by atoms with Crippen molar-refractivity contribution in [3.63, 3.8) is 0 Å². The van der Waals surface area contributed by atoms with Crippen LogP contribution in [0, 0.1) is 0 Å². The first-order valence-corrected chi connectivity index (χ1v) is 23.4. The van der Waals surface area contributed by atoms with Crippen LogP contribution < -0.4 is 20.7 Å². The average Bonchev–Trinajstić information content (AvgIpc) is 3.97. The quantitative estimate of drug-likeness (QED) is 0.112. The molecule has 0 fully saturated rings. The van der Waals surface area contributed by atoms with Gasteiger partial charge in [0.1, 0.15) is 4.83 Å². The highest BCUT2D eigenvalue weighted by atomic mass is 32.1. The van der Waals surface area contributed by atoms with Gasteiger partial charge >= 0.3 is 0 Å². The van der Waals surface area contributed by atoms with Gasteiger partial charge in [-0.1, -0.05) is 176 Å². The summed E-state index contributed by atoms with van der Waals surface area (Å²) in [5, 5.41) is 12.0. The predicted octanol–water partition coefficient (Wildman–Crippen LogP) is 12.1. The number of hydrogen-bond donors (Lipinski definition) is 0. The van der Waals surface area contributed by atoms with Crippen molar-refractivity contribution in [1.82, 2.24) is 9.13 Å². The zero-order valence-electron chi connectivity index (χ0n) is 32.7. The van der Waals surface area contributed by atoms with Crippen molar-refractivity contribution < 1.29 is 0 Å². The van der Waals surface area contributed by atoms with Gasteiger partial charge in [0, 0.05) is 43.0 Å². The molecule has 0 saturated carbocycles. The smallest absolute Gasteiger partial charge is 0.179 e. The molecule has 0 unspecified atom stereocenters. The van der Waals surface area contributed by atoms with Gasteiger partial charge in [0.15, 0.2) is 8.07 Å². The lowest BCUT2D eigenvalue weighted by atomic mass is 10.0. The Morgan fingerprint density at radius 3 is 1.48 bits per heavy atom. The number of benzene rings is 9. The lowest BCUT2D eigenvalue weighted by molar-refractivity contribution is 1.18. The third kappa shape index (κ3) is 5.25. The zero-order chi connectivity index (χ0) is 39.6. The van der Waals surface area contributed by atoms with Crippen LogP contribution in [-0.2, 0) is 0 Å². The molecule has 0 radical (unpaired) electrons. The topological polar surface area (TPSA) is 9.86 Å².